The maximum absolute atomic E-state index is 12.9. The molecule has 3 aromatic rings. The Labute approximate surface area is 157 Å². The summed E-state index contributed by atoms with van der Waals surface area (Å²) in [5.74, 6) is 0.270. The van der Waals surface area contributed by atoms with Crippen LogP contribution in [0.4, 0.5) is 0 Å². The quantitative estimate of drug-likeness (QED) is 0.700. The lowest BCUT2D eigenvalue weighted by Crippen LogP contribution is -2.36. The molecule has 2 aromatic carbocycles. The van der Waals surface area contributed by atoms with E-state index in [4.69, 9.17) is 16.3 Å². The van der Waals surface area contributed by atoms with Gasteiger partial charge in [-0.1, -0.05) is 41.9 Å². The Hall–Kier alpha value is -2.30. The van der Waals surface area contributed by atoms with Gasteiger partial charge in [0.05, 0.1) is 6.04 Å². The normalized spacial score (nSPS) is 16.5. The minimum absolute atomic E-state index is 0.0254. The second-order valence-corrected chi connectivity index (χ2v) is 7.16. The van der Waals surface area contributed by atoms with Crippen LogP contribution in [0.15, 0.2) is 54.6 Å². The van der Waals surface area contributed by atoms with E-state index in [9.17, 15) is 4.79 Å². The number of aromatic amines is 1. The fourth-order valence-electron chi connectivity index (χ4n) is 3.63. The van der Waals surface area contributed by atoms with Crippen LogP contribution in [0, 0.1) is 5.92 Å². The van der Waals surface area contributed by atoms with Crippen molar-refractivity contribution in [3.63, 3.8) is 0 Å². The Balaban J connectivity index is 1.60. The third kappa shape index (κ3) is 3.62. The van der Waals surface area contributed by atoms with Crippen molar-refractivity contribution < 1.29 is 9.53 Å². The first-order valence-corrected chi connectivity index (χ1v) is 9.30. The molecule has 1 aromatic heterocycles. The molecule has 134 valence electrons. The first-order valence-electron chi connectivity index (χ1n) is 8.92. The summed E-state index contributed by atoms with van der Waals surface area (Å²) in [6.45, 7) is 1.49. The predicted octanol–water partition coefficient (Wildman–Crippen LogP) is 4.72. The molecule has 0 saturated carbocycles. The molecule has 4 rings (SSSR count). The second-order valence-electron chi connectivity index (χ2n) is 6.73. The number of rotatable bonds is 4. The van der Waals surface area contributed by atoms with Gasteiger partial charge in [0.15, 0.2) is 0 Å². The summed E-state index contributed by atoms with van der Waals surface area (Å²) in [6, 6.07) is 17.6. The van der Waals surface area contributed by atoms with Crippen molar-refractivity contribution >= 4 is 28.4 Å². The zero-order valence-electron chi connectivity index (χ0n) is 14.4. The molecule has 1 aliphatic rings. The van der Waals surface area contributed by atoms with Crippen molar-refractivity contribution in [1.82, 2.24) is 10.3 Å². The van der Waals surface area contributed by atoms with Gasteiger partial charge in [-0.25, -0.2) is 0 Å². The highest BCUT2D eigenvalue weighted by molar-refractivity contribution is 6.31. The summed E-state index contributed by atoms with van der Waals surface area (Å²) in [7, 11) is 0. The number of carbonyl (C=O) groups excluding carboxylic acids is 1. The van der Waals surface area contributed by atoms with Crippen LogP contribution >= 0.6 is 11.6 Å². The number of nitrogens with one attached hydrogen (secondary N) is 2. The molecule has 1 aliphatic heterocycles. The van der Waals surface area contributed by atoms with Crippen LogP contribution in [0.5, 0.6) is 0 Å². The van der Waals surface area contributed by atoms with Gasteiger partial charge in [0.25, 0.3) is 5.91 Å². The van der Waals surface area contributed by atoms with Crippen LogP contribution in [0.3, 0.4) is 0 Å². The number of halogens is 1. The molecular formula is C21H21ClN2O2. The molecule has 2 heterocycles. The minimum Gasteiger partial charge on any atom is -0.381 e. The van der Waals surface area contributed by atoms with Crippen molar-refractivity contribution in [2.24, 2.45) is 5.92 Å². The van der Waals surface area contributed by atoms with Gasteiger partial charge in [-0.05, 0) is 48.6 Å². The largest absolute Gasteiger partial charge is 0.381 e. The Morgan fingerprint density at radius 2 is 1.88 bits per heavy atom. The molecule has 0 radical (unpaired) electrons. The molecule has 1 unspecified atom stereocenters. The van der Waals surface area contributed by atoms with Crippen molar-refractivity contribution in [3.8, 4) is 0 Å². The average Bonchev–Trinajstić information content (AvgIpc) is 3.10. The van der Waals surface area contributed by atoms with Crippen molar-refractivity contribution in [2.45, 2.75) is 18.9 Å². The molecule has 0 spiro atoms. The standard InChI is InChI=1S/C21H21ClN2O2/c22-17-6-7-18-16(12-17)13-19(23-18)21(25)24-20(14-4-2-1-3-5-14)15-8-10-26-11-9-15/h1-7,12-13,15,20,23H,8-11H2,(H,24,25). The van der Waals surface area contributed by atoms with E-state index >= 15 is 0 Å². The van der Waals surface area contributed by atoms with Gasteiger partial charge in [0.1, 0.15) is 5.69 Å². The fraction of sp³-hybridized carbons (Fsp3) is 0.286. The predicted molar refractivity (Wildman–Crippen MR) is 104 cm³/mol. The van der Waals surface area contributed by atoms with Crippen LogP contribution < -0.4 is 5.32 Å². The van der Waals surface area contributed by atoms with Crippen molar-refractivity contribution in [2.75, 3.05) is 13.2 Å². The van der Waals surface area contributed by atoms with E-state index in [0.717, 1.165) is 42.5 Å². The topological polar surface area (TPSA) is 54.1 Å². The summed E-state index contributed by atoms with van der Waals surface area (Å²) < 4.78 is 5.50. The Bertz CT molecular complexity index is 901. The molecule has 1 fully saturated rings. The van der Waals surface area contributed by atoms with E-state index in [1.165, 1.54) is 0 Å². The molecule has 0 bridgehead atoms. The van der Waals surface area contributed by atoms with Gasteiger partial charge in [0, 0.05) is 29.1 Å². The van der Waals surface area contributed by atoms with Crippen LogP contribution in [-0.4, -0.2) is 24.1 Å². The number of aromatic nitrogens is 1. The van der Waals surface area contributed by atoms with Crippen LogP contribution in [0.1, 0.15) is 34.9 Å². The van der Waals surface area contributed by atoms with Crippen LogP contribution in [-0.2, 0) is 4.74 Å². The van der Waals surface area contributed by atoms with E-state index in [1.54, 1.807) is 0 Å². The first kappa shape index (κ1) is 17.1. The lowest BCUT2D eigenvalue weighted by molar-refractivity contribution is 0.0513. The molecular weight excluding hydrogens is 348 g/mol. The maximum atomic E-state index is 12.9. The zero-order valence-corrected chi connectivity index (χ0v) is 15.1. The number of amides is 1. The Morgan fingerprint density at radius 3 is 2.65 bits per heavy atom. The zero-order chi connectivity index (χ0) is 17.9. The average molecular weight is 369 g/mol. The van der Waals surface area contributed by atoms with E-state index in [2.05, 4.69) is 22.4 Å². The lowest BCUT2D eigenvalue weighted by Gasteiger charge is -2.31. The number of hydrogen-bond acceptors (Lipinski definition) is 2. The van der Waals surface area contributed by atoms with E-state index in [-0.39, 0.29) is 11.9 Å². The summed E-state index contributed by atoms with van der Waals surface area (Å²) >= 11 is 6.05. The number of benzene rings is 2. The molecule has 1 amide bonds. The number of fused-ring (bicyclic) bond motifs is 1. The molecule has 4 nitrogen and oxygen atoms in total. The van der Waals surface area contributed by atoms with Crippen molar-refractivity contribution in [1.29, 1.82) is 0 Å². The monoisotopic (exact) mass is 368 g/mol. The third-order valence-corrected chi connectivity index (χ3v) is 5.25. The summed E-state index contributed by atoms with van der Waals surface area (Å²) in [5, 5.41) is 4.83. The first-order chi connectivity index (χ1) is 12.7. The minimum atomic E-state index is -0.0994. The van der Waals surface area contributed by atoms with Gasteiger partial charge >= 0.3 is 0 Å². The number of H-pyrrole nitrogens is 1. The summed E-state index contributed by atoms with van der Waals surface area (Å²) in [6.07, 6.45) is 1.89. The molecule has 26 heavy (non-hydrogen) atoms. The molecule has 2 N–H and O–H groups in total. The number of carbonyl (C=O) groups is 1. The van der Waals surface area contributed by atoms with E-state index in [1.807, 2.05) is 42.5 Å². The highest BCUT2D eigenvalue weighted by Crippen LogP contribution is 2.30. The van der Waals surface area contributed by atoms with Gasteiger partial charge in [-0.3, -0.25) is 4.79 Å². The number of ether oxygens (including phenoxy) is 1. The number of hydrogen-bond donors (Lipinski definition) is 2. The van der Waals surface area contributed by atoms with E-state index < -0.39 is 0 Å². The third-order valence-electron chi connectivity index (χ3n) is 5.01. The lowest BCUT2D eigenvalue weighted by atomic mass is 9.87. The molecule has 0 aliphatic carbocycles. The molecule has 5 heteroatoms. The summed E-state index contributed by atoms with van der Waals surface area (Å²) in [5.41, 5.74) is 2.59. The van der Waals surface area contributed by atoms with E-state index in [0.29, 0.717) is 16.6 Å². The highest BCUT2D eigenvalue weighted by Gasteiger charge is 2.27. The SMILES string of the molecule is O=C(NC(c1ccccc1)C1CCOCC1)c1cc2cc(Cl)ccc2[nH]1. The summed E-state index contributed by atoms with van der Waals surface area (Å²) in [4.78, 5) is 16.1. The smallest absolute Gasteiger partial charge is 0.268 e. The van der Waals surface area contributed by atoms with Gasteiger partial charge < -0.3 is 15.0 Å². The fourth-order valence-corrected chi connectivity index (χ4v) is 3.81. The highest BCUT2D eigenvalue weighted by atomic mass is 35.5. The Kier molecular flexibility index (Phi) is 4.96. The van der Waals surface area contributed by atoms with Crippen LogP contribution in [0.2, 0.25) is 5.02 Å². The Morgan fingerprint density at radius 1 is 1.12 bits per heavy atom. The maximum Gasteiger partial charge on any atom is 0.268 e. The van der Waals surface area contributed by atoms with Gasteiger partial charge in [-0.2, -0.15) is 0 Å². The van der Waals surface area contributed by atoms with Gasteiger partial charge in [-0.15, -0.1) is 0 Å². The molecule has 1 atom stereocenters. The molecule has 1 saturated heterocycles. The van der Waals surface area contributed by atoms with Gasteiger partial charge in [0.2, 0.25) is 0 Å². The van der Waals surface area contributed by atoms with Crippen molar-refractivity contribution in [3.05, 3.63) is 70.9 Å². The van der Waals surface area contributed by atoms with Crippen LogP contribution in [0.25, 0.3) is 10.9 Å². The second kappa shape index (κ2) is 7.52.